The summed E-state index contributed by atoms with van der Waals surface area (Å²) in [6.45, 7) is 0.784. The molecule has 4 N–H and O–H groups in total. The number of rotatable bonds is 0. The van der Waals surface area contributed by atoms with Crippen molar-refractivity contribution >= 4 is 5.84 Å². The van der Waals surface area contributed by atoms with E-state index in [2.05, 4.69) is 4.99 Å². The smallest absolute Gasteiger partial charge is 0.141 e. The van der Waals surface area contributed by atoms with Crippen molar-refractivity contribution in [1.29, 1.82) is 0 Å². The number of nitrogens with two attached hydrogens (primary N) is 2. The molecular weight excluding hydrogens is 102 g/mol. The molecule has 1 heterocycles. The van der Waals surface area contributed by atoms with E-state index in [9.17, 15) is 0 Å². The van der Waals surface area contributed by atoms with Crippen LogP contribution in [0, 0.1) is 0 Å². The Hall–Kier alpha value is -0.990. The Bertz CT molecular complexity index is 128. The van der Waals surface area contributed by atoms with Gasteiger partial charge in [0, 0.05) is 6.54 Å². The van der Waals surface area contributed by atoms with Crippen molar-refractivity contribution in [1.82, 2.24) is 0 Å². The van der Waals surface area contributed by atoms with Crippen LogP contribution in [0.5, 0.6) is 0 Å². The van der Waals surface area contributed by atoms with Crippen LogP contribution in [-0.2, 0) is 0 Å². The highest BCUT2D eigenvalue weighted by Gasteiger charge is 1.99. The fourth-order valence-electron chi connectivity index (χ4n) is 0.601. The van der Waals surface area contributed by atoms with Crippen molar-refractivity contribution in [2.45, 2.75) is 6.42 Å². The SMILES string of the molecule is NC1=CCCN=C1N. The molecule has 8 heavy (non-hydrogen) atoms. The minimum atomic E-state index is 0.483. The van der Waals surface area contributed by atoms with Gasteiger partial charge >= 0.3 is 0 Å². The lowest BCUT2D eigenvalue weighted by atomic mass is 10.2. The second kappa shape index (κ2) is 1.86. The second-order valence-electron chi connectivity index (χ2n) is 1.72. The molecule has 3 nitrogen and oxygen atoms in total. The van der Waals surface area contributed by atoms with Crippen molar-refractivity contribution < 1.29 is 0 Å². The summed E-state index contributed by atoms with van der Waals surface area (Å²) in [5.74, 6) is 0.483. The van der Waals surface area contributed by atoms with Crippen LogP contribution >= 0.6 is 0 Å². The van der Waals surface area contributed by atoms with Crippen LogP contribution in [0.15, 0.2) is 16.8 Å². The highest BCUT2D eigenvalue weighted by Crippen LogP contribution is 1.96. The summed E-state index contributed by atoms with van der Waals surface area (Å²) in [6, 6.07) is 0. The molecule has 0 unspecified atom stereocenters. The van der Waals surface area contributed by atoms with Gasteiger partial charge in [-0.2, -0.15) is 0 Å². The third-order valence-corrected chi connectivity index (χ3v) is 1.07. The van der Waals surface area contributed by atoms with Gasteiger partial charge in [-0.3, -0.25) is 4.99 Å². The number of aliphatic imine (C=N–C) groups is 1. The summed E-state index contributed by atoms with van der Waals surface area (Å²) in [7, 11) is 0. The highest BCUT2D eigenvalue weighted by atomic mass is 14.9. The van der Waals surface area contributed by atoms with E-state index in [1.807, 2.05) is 6.08 Å². The van der Waals surface area contributed by atoms with E-state index < -0.39 is 0 Å². The average molecular weight is 111 g/mol. The van der Waals surface area contributed by atoms with Gasteiger partial charge in [-0.15, -0.1) is 0 Å². The number of hydrogen-bond donors (Lipinski definition) is 2. The molecule has 1 aliphatic rings. The number of nitrogens with zero attached hydrogens (tertiary/aromatic N) is 1. The van der Waals surface area contributed by atoms with Gasteiger partial charge in [0.2, 0.25) is 0 Å². The molecule has 0 radical (unpaired) electrons. The first-order valence-electron chi connectivity index (χ1n) is 2.56. The topological polar surface area (TPSA) is 64.4 Å². The molecule has 0 aliphatic carbocycles. The predicted octanol–water partition coefficient (Wildman–Crippen LogP) is -0.410. The summed E-state index contributed by atoms with van der Waals surface area (Å²) in [5.41, 5.74) is 11.3. The molecule has 1 rings (SSSR count). The van der Waals surface area contributed by atoms with Gasteiger partial charge in [0.1, 0.15) is 5.84 Å². The van der Waals surface area contributed by atoms with Crippen molar-refractivity contribution in [3.05, 3.63) is 11.8 Å². The molecule has 0 aromatic heterocycles. The van der Waals surface area contributed by atoms with Crippen molar-refractivity contribution in [2.75, 3.05) is 6.54 Å². The van der Waals surface area contributed by atoms with Gasteiger partial charge in [0.15, 0.2) is 0 Å². The van der Waals surface area contributed by atoms with E-state index in [4.69, 9.17) is 11.5 Å². The summed E-state index contributed by atoms with van der Waals surface area (Å²) in [4.78, 5) is 3.91. The zero-order valence-electron chi connectivity index (χ0n) is 4.59. The van der Waals surface area contributed by atoms with Crippen LogP contribution in [0.25, 0.3) is 0 Å². The summed E-state index contributed by atoms with van der Waals surface area (Å²) in [5, 5.41) is 0. The number of dihydropyridines is 1. The van der Waals surface area contributed by atoms with Crippen LogP contribution in [0.4, 0.5) is 0 Å². The Kier molecular flexibility index (Phi) is 1.20. The van der Waals surface area contributed by atoms with Crippen LogP contribution in [-0.4, -0.2) is 12.4 Å². The summed E-state index contributed by atoms with van der Waals surface area (Å²) < 4.78 is 0. The standard InChI is InChI=1S/C5H9N3/c6-4-2-1-3-8-5(4)7/h2H,1,3,6H2,(H2,7,8). The second-order valence-corrected chi connectivity index (χ2v) is 1.72. The first-order valence-corrected chi connectivity index (χ1v) is 2.56. The Morgan fingerprint density at radius 3 is 2.62 bits per heavy atom. The third-order valence-electron chi connectivity index (χ3n) is 1.07. The molecule has 0 bridgehead atoms. The molecule has 0 saturated heterocycles. The number of amidine groups is 1. The summed E-state index contributed by atoms with van der Waals surface area (Å²) >= 11 is 0. The average Bonchev–Trinajstić information content (AvgIpc) is 1.77. The van der Waals surface area contributed by atoms with E-state index in [1.165, 1.54) is 0 Å². The van der Waals surface area contributed by atoms with E-state index in [-0.39, 0.29) is 0 Å². The largest absolute Gasteiger partial charge is 0.396 e. The van der Waals surface area contributed by atoms with Gasteiger partial charge in [0.05, 0.1) is 5.70 Å². The minimum absolute atomic E-state index is 0.483. The van der Waals surface area contributed by atoms with Gasteiger partial charge in [0.25, 0.3) is 0 Å². The van der Waals surface area contributed by atoms with Gasteiger partial charge in [-0.1, -0.05) is 6.08 Å². The van der Waals surface area contributed by atoms with Crippen molar-refractivity contribution in [2.24, 2.45) is 16.5 Å². The van der Waals surface area contributed by atoms with Gasteiger partial charge < -0.3 is 11.5 Å². The molecular formula is C5H9N3. The molecule has 0 aromatic carbocycles. The zero-order valence-corrected chi connectivity index (χ0v) is 4.59. The molecule has 3 heteroatoms. The quantitative estimate of drug-likeness (QED) is 0.446. The molecule has 0 amide bonds. The third kappa shape index (κ3) is 0.804. The van der Waals surface area contributed by atoms with Crippen LogP contribution < -0.4 is 11.5 Å². The molecule has 0 spiro atoms. The Balaban J connectivity index is 2.73. The first-order chi connectivity index (χ1) is 3.80. The highest BCUT2D eigenvalue weighted by molar-refractivity contribution is 5.96. The maximum Gasteiger partial charge on any atom is 0.141 e. The molecule has 0 saturated carbocycles. The number of hydrogen-bond acceptors (Lipinski definition) is 3. The lowest BCUT2D eigenvalue weighted by molar-refractivity contribution is 0.969. The Morgan fingerprint density at radius 2 is 2.25 bits per heavy atom. The van der Waals surface area contributed by atoms with Crippen molar-refractivity contribution in [3.8, 4) is 0 Å². The fraction of sp³-hybridized carbons (Fsp3) is 0.400. The zero-order chi connectivity index (χ0) is 5.98. The predicted molar refractivity (Wildman–Crippen MR) is 33.4 cm³/mol. The van der Waals surface area contributed by atoms with Gasteiger partial charge in [-0.05, 0) is 6.42 Å². The Morgan fingerprint density at radius 1 is 1.50 bits per heavy atom. The van der Waals surface area contributed by atoms with E-state index in [0.29, 0.717) is 11.5 Å². The lowest BCUT2D eigenvalue weighted by Gasteiger charge is -2.04. The molecule has 0 atom stereocenters. The van der Waals surface area contributed by atoms with Crippen molar-refractivity contribution in [3.63, 3.8) is 0 Å². The lowest BCUT2D eigenvalue weighted by Crippen LogP contribution is -2.23. The van der Waals surface area contributed by atoms with E-state index >= 15 is 0 Å². The normalized spacial score (nSPS) is 19.5. The molecule has 0 aromatic rings. The minimum Gasteiger partial charge on any atom is -0.396 e. The maximum atomic E-state index is 5.38. The van der Waals surface area contributed by atoms with E-state index in [0.717, 1.165) is 13.0 Å². The maximum absolute atomic E-state index is 5.38. The van der Waals surface area contributed by atoms with Crippen LogP contribution in [0.2, 0.25) is 0 Å². The van der Waals surface area contributed by atoms with Gasteiger partial charge in [-0.25, -0.2) is 0 Å². The van der Waals surface area contributed by atoms with Crippen LogP contribution in [0.1, 0.15) is 6.42 Å². The Labute approximate surface area is 48.1 Å². The molecule has 0 fully saturated rings. The summed E-state index contributed by atoms with van der Waals surface area (Å²) in [6.07, 6.45) is 2.81. The monoisotopic (exact) mass is 111 g/mol. The van der Waals surface area contributed by atoms with E-state index in [1.54, 1.807) is 0 Å². The van der Waals surface area contributed by atoms with Crippen LogP contribution in [0.3, 0.4) is 0 Å². The molecule has 1 aliphatic heterocycles. The first kappa shape index (κ1) is 5.15. The fourth-order valence-corrected chi connectivity index (χ4v) is 0.601. The molecule has 44 valence electrons.